The molecule has 1 aromatic carbocycles. The van der Waals surface area contributed by atoms with Gasteiger partial charge in [0.25, 0.3) is 0 Å². The molecule has 0 amide bonds. The predicted molar refractivity (Wildman–Crippen MR) is 39.0 cm³/mol. The first-order chi connectivity index (χ1) is 5.16. The second kappa shape index (κ2) is 3.07. The lowest BCUT2D eigenvalue weighted by Gasteiger charge is -2.02. The minimum absolute atomic E-state index is 0.0772. The van der Waals surface area contributed by atoms with Crippen molar-refractivity contribution in [3.8, 4) is 5.75 Å². The number of aromatic hydroxyl groups is 1. The maximum Gasteiger partial charge on any atom is 0.171 e. The van der Waals surface area contributed by atoms with Crippen LogP contribution in [0.3, 0.4) is 0 Å². The van der Waals surface area contributed by atoms with Crippen LogP contribution in [0.15, 0.2) is 12.1 Å². The smallest absolute Gasteiger partial charge is 0.171 e. The summed E-state index contributed by atoms with van der Waals surface area (Å²) in [6.45, 7) is -0.515. The van der Waals surface area contributed by atoms with Crippen molar-refractivity contribution in [2.75, 3.05) is 0 Å². The molecule has 4 heteroatoms. The fourth-order valence-electron chi connectivity index (χ4n) is 0.730. The van der Waals surface area contributed by atoms with E-state index in [0.29, 0.717) is 0 Å². The molecule has 0 unspecified atom stereocenters. The van der Waals surface area contributed by atoms with E-state index in [9.17, 15) is 4.39 Å². The average molecular weight is 177 g/mol. The fraction of sp³-hybridized carbons (Fsp3) is 0.143. The topological polar surface area (TPSA) is 40.5 Å². The van der Waals surface area contributed by atoms with Crippen molar-refractivity contribution in [3.63, 3.8) is 0 Å². The number of hydrogen-bond acceptors (Lipinski definition) is 2. The molecule has 0 atom stereocenters. The molecule has 0 aliphatic rings. The van der Waals surface area contributed by atoms with Crippen molar-refractivity contribution in [3.05, 3.63) is 28.5 Å². The Kier molecular flexibility index (Phi) is 2.31. The van der Waals surface area contributed by atoms with Gasteiger partial charge in [0.15, 0.2) is 11.6 Å². The van der Waals surface area contributed by atoms with Gasteiger partial charge in [-0.3, -0.25) is 0 Å². The summed E-state index contributed by atoms with van der Waals surface area (Å²) >= 11 is 5.49. The lowest BCUT2D eigenvalue weighted by molar-refractivity contribution is 0.273. The molecule has 0 bridgehead atoms. The van der Waals surface area contributed by atoms with E-state index in [2.05, 4.69) is 0 Å². The average Bonchev–Trinajstić information content (AvgIpc) is 1.99. The highest BCUT2D eigenvalue weighted by Gasteiger charge is 2.09. The van der Waals surface area contributed by atoms with E-state index >= 15 is 0 Å². The van der Waals surface area contributed by atoms with Crippen molar-refractivity contribution < 1.29 is 14.6 Å². The standard InChI is InChI=1S/C7H6ClFO2/c8-5-1-2-6(11)7(9)4(5)3-10/h1-2,10-11H,3H2. The highest BCUT2D eigenvalue weighted by Crippen LogP contribution is 2.25. The van der Waals surface area contributed by atoms with Gasteiger partial charge < -0.3 is 10.2 Å². The van der Waals surface area contributed by atoms with Gasteiger partial charge in [0.05, 0.1) is 6.61 Å². The molecule has 0 aromatic heterocycles. The molecule has 11 heavy (non-hydrogen) atoms. The Hall–Kier alpha value is -0.800. The Morgan fingerprint density at radius 1 is 1.45 bits per heavy atom. The van der Waals surface area contributed by atoms with Gasteiger partial charge in [0.1, 0.15) is 0 Å². The molecular formula is C7H6ClFO2. The second-order valence-electron chi connectivity index (χ2n) is 2.02. The second-order valence-corrected chi connectivity index (χ2v) is 2.42. The first-order valence-electron chi connectivity index (χ1n) is 2.93. The zero-order valence-electron chi connectivity index (χ0n) is 5.51. The Balaban J connectivity index is 3.29. The SMILES string of the molecule is OCc1c(Cl)ccc(O)c1F. The monoisotopic (exact) mass is 176 g/mol. The van der Waals surface area contributed by atoms with E-state index in [1.807, 2.05) is 0 Å². The van der Waals surface area contributed by atoms with Gasteiger partial charge in [0, 0.05) is 10.6 Å². The van der Waals surface area contributed by atoms with Crippen LogP contribution in [-0.4, -0.2) is 10.2 Å². The van der Waals surface area contributed by atoms with E-state index < -0.39 is 18.2 Å². The lowest BCUT2D eigenvalue weighted by atomic mass is 10.2. The lowest BCUT2D eigenvalue weighted by Crippen LogP contribution is -1.90. The Morgan fingerprint density at radius 2 is 2.09 bits per heavy atom. The number of halogens is 2. The number of benzene rings is 1. The summed E-state index contributed by atoms with van der Waals surface area (Å²) < 4.78 is 12.8. The molecule has 0 saturated carbocycles. The summed E-state index contributed by atoms with van der Waals surface area (Å²) in [5, 5.41) is 17.5. The molecule has 0 radical (unpaired) electrons. The molecule has 0 spiro atoms. The van der Waals surface area contributed by atoms with Crippen LogP contribution in [0.5, 0.6) is 5.75 Å². The zero-order valence-corrected chi connectivity index (χ0v) is 6.27. The molecule has 0 heterocycles. The summed E-state index contributed by atoms with van der Waals surface area (Å²) in [6, 6.07) is 2.46. The zero-order chi connectivity index (χ0) is 8.43. The maximum atomic E-state index is 12.8. The van der Waals surface area contributed by atoms with Crippen molar-refractivity contribution >= 4 is 11.6 Å². The van der Waals surface area contributed by atoms with Crippen molar-refractivity contribution in [1.29, 1.82) is 0 Å². The number of rotatable bonds is 1. The molecule has 2 nitrogen and oxygen atoms in total. The highest BCUT2D eigenvalue weighted by atomic mass is 35.5. The Bertz CT molecular complexity index is 275. The Labute approximate surface area is 67.9 Å². The number of phenolic OH excluding ortho intramolecular Hbond substituents is 1. The van der Waals surface area contributed by atoms with Crippen molar-refractivity contribution in [2.45, 2.75) is 6.61 Å². The van der Waals surface area contributed by atoms with Crippen LogP contribution in [0.4, 0.5) is 4.39 Å². The van der Waals surface area contributed by atoms with Crippen molar-refractivity contribution in [1.82, 2.24) is 0 Å². The number of aliphatic hydroxyl groups is 1. The molecule has 0 aliphatic heterocycles. The normalized spacial score (nSPS) is 10.1. The van der Waals surface area contributed by atoms with E-state index in [1.54, 1.807) is 0 Å². The molecular weight excluding hydrogens is 171 g/mol. The molecule has 0 aliphatic carbocycles. The van der Waals surface area contributed by atoms with Gasteiger partial charge in [-0.15, -0.1) is 0 Å². The van der Waals surface area contributed by atoms with Crippen LogP contribution in [0.1, 0.15) is 5.56 Å². The molecule has 0 saturated heterocycles. The van der Waals surface area contributed by atoms with Gasteiger partial charge in [-0.2, -0.15) is 0 Å². The largest absolute Gasteiger partial charge is 0.505 e. The summed E-state index contributed by atoms with van der Waals surface area (Å²) in [7, 11) is 0. The minimum Gasteiger partial charge on any atom is -0.505 e. The van der Waals surface area contributed by atoms with E-state index in [1.165, 1.54) is 6.07 Å². The van der Waals surface area contributed by atoms with Crippen LogP contribution in [-0.2, 0) is 6.61 Å². The minimum atomic E-state index is -0.861. The third-order valence-electron chi connectivity index (χ3n) is 1.32. The van der Waals surface area contributed by atoms with Crippen LogP contribution >= 0.6 is 11.6 Å². The van der Waals surface area contributed by atoms with Crippen LogP contribution in [0.25, 0.3) is 0 Å². The molecule has 0 fully saturated rings. The number of hydrogen-bond donors (Lipinski definition) is 2. The summed E-state index contributed by atoms with van der Waals surface area (Å²) in [6.07, 6.45) is 0. The van der Waals surface area contributed by atoms with E-state index in [0.717, 1.165) is 6.07 Å². The maximum absolute atomic E-state index is 12.8. The van der Waals surface area contributed by atoms with E-state index in [-0.39, 0.29) is 10.6 Å². The van der Waals surface area contributed by atoms with Crippen molar-refractivity contribution in [2.24, 2.45) is 0 Å². The quantitative estimate of drug-likeness (QED) is 0.684. The van der Waals surface area contributed by atoms with Gasteiger partial charge in [-0.1, -0.05) is 11.6 Å². The first kappa shape index (κ1) is 8.30. The summed E-state index contributed by atoms with van der Waals surface area (Å²) in [4.78, 5) is 0. The van der Waals surface area contributed by atoms with Gasteiger partial charge in [0.2, 0.25) is 0 Å². The molecule has 1 aromatic rings. The van der Waals surface area contributed by atoms with Gasteiger partial charge >= 0.3 is 0 Å². The van der Waals surface area contributed by atoms with Crippen LogP contribution in [0.2, 0.25) is 5.02 Å². The molecule has 2 N–H and O–H groups in total. The summed E-state index contributed by atoms with van der Waals surface area (Å²) in [5.41, 5.74) is -0.0772. The Morgan fingerprint density at radius 3 is 2.55 bits per heavy atom. The molecule has 60 valence electrons. The van der Waals surface area contributed by atoms with Gasteiger partial charge in [-0.05, 0) is 12.1 Å². The predicted octanol–water partition coefficient (Wildman–Crippen LogP) is 1.68. The van der Waals surface area contributed by atoms with E-state index in [4.69, 9.17) is 21.8 Å². The highest BCUT2D eigenvalue weighted by molar-refractivity contribution is 6.31. The number of phenols is 1. The van der Waals surface area contributed by atoms with Crippen LogP contribution in [0, 0.1) is 5.82 Å². The third-order valence-corrected chi connectivity index (χ3v) is 1.68. The van der Waals surface area contributed by atoms with Gasteiger partial charge in [-0.25, -0.2) is 4.39 Å². The first-order valence-corrected chi connectivity index (χ1v) is 3.31. The summed E-state index contributed by atoms with van der Waals surface area (Å²) in [5.74, 6) is -1.36. The number of aliphatic hydroxyl groups excluding tert-OH is 1. The molecule has 1 rings (SSSR count). The van der Waals surface area contributed by atoms with Crippen LogP contribution < -0.4 is 0 Å². The fourth-order valence-corrected chi connectivity index (χ4v) is 0.936. The third kappa shape index (κ3) is 1.44.